The number of aliphatic carboxylic acids is 1. The summed E-state index contributed by atoms with van der Waals surface area (Å²) in [5.41, 5.74) is -0.181. The monoisotopic (exact) mass is 309 g/mol. The zero-order valence-electron chi connectivity index (χ0n) is 11.3. The first-order valence-corrected chi connectivity index (χ1v) is 8.06. The molecule has 21 heavy (non-hydrogen) atoms. The summed E-state index contributed by atoms with van der Waals surface area (Å²) in [7, 11) is 0. The lowest BCUT2D eigenvalue weighted by Gasteiger charge is -2.24. The molecule has 2 N–H and O–H groups in total. The van der Waals surface area contributed by atoms with E-state index in [1.807, 2.05) is 0 Å². The third-order valence-corrected chi connectivity index (χ3v) is 5.41. The van der Waals surface area contributed by atoms with E-state index in [0.29, 0.717) is 18.6 Å². The molecule has 3 unspecified atom stereocenters. The van der Waals surface area contributed by atoms with Crippen LogP contribution in [0.1, 0.15) is 24.3 Å². The predicted octanol–water partition coefficient (Wildman–Crippen LogP) is 2.01. The minimum Gasteiger partial charge on any atom is -0.479 e. The molecule has 1 aliphatic heterocycles. The zero-order chi connectivity index (χ0) is 15.0. The molecular weight excluding hydrogens is 293 g/mol. The average molecular weight is 309 g/mol. The van der Waals surface area contributed by atoms with Crippen LogP contribution >= 0.6 is 11.8 Å². The van der Waals surface area contributed by atoms with E-state index in [1.54, 1.807) is 23.9 Å². The number of hydrogen-bond acceptors (Lipinski definition) is 3. The Kier molecular flexibility index (Phi) is 3.65. The van der Waals surface area contributed by atoms with Crippen molar-refractivity contribution in [1.29, 1.82) is 0 Å². The van der Waals surface area contributed by atoms with Crippen LogP contribution in [0.4, 0.5) is 4.39 Å². The highest BCUT2D eigenvalue weighted by molar-refractivity contribution is 7.99. The molecule has 1 aliphatic carbocycles. The van der Waals surface area contributed by atoms with Crippen LogP contribution < -0.4 is 5.32 Å². The Bertz CT molecular complexity index is 569. The Labute approximate surface area is 126 Å². The van der Waals surface area contributed by atoms with Gasteiger partial charge in [-0.15, -0.1) is 0 Å². The van der Waals surface area contributed by atoms with Crippen LogP contribution in [0.25, 0.3) is 0 Å². The molecule has 4 nitrogen and oxygen atoms in total. The van der Waals surface area contributed by atoms with Crippen LogP contribution in [-0.4, -0.2) is 34.0 Å². The molecule has 1 heterocycles. The summed E-state index contributed by atoms with van der Waals surface area (Å²) in [5.74, 6) is -0.411. The third kappa shape index (κ3) is 2.77. The summed E-state index contributed by atoms with van der Waals surface area (Å²) in [5, 5.41) is 12.1. The molecule has 0 radical (unpaired) electrons. The van der Waals surface area contributed by atoms with E-state index in [9.17, 15) is 19.1 Å². The van der Waals surface area contributed by atoms with Crippen LogP contribution in [-0.2, 0) is 9.59 Å². The number of carbonyl (C=O) groups is 2. The maximum absolute atomic E-state index is 12.9. The van der Waals surface area contributed by atoms with E-state index in [1.165, 1.54) is 12.1 Å². The van der Waals surface area contributed by atoms with Gasteiger partial charge in [-0.3, -0.25) is 4.79 Å². The lowest BCUT2D eigenvalue weighted by Crippen LogP contribution is -2.55. The SMILES string of the molecule is O=C(NC1(C(=O)O)CCSC1)C1CC1c1ccc(F)cc1. The second-order valence-corrected chi connectivity index (χ2v) is 6.78. The van der Waals surface area contributed by atoms with Crippen molar-refractivity contribution >= 4 is 23.6 Å². The molecule has 6 heteroatoms. The summed E-state index contributed by atoms with van der Waals surface area (Å²) in [6.07, 6.45) is 1.16. The molecule has 3 atom stereocenters. The number of carboxylic acids is 1. The fourth-order valence-electron chi connectivity index (χ4n) is 2.78. The molecule has 0 aromatic heterocycles. The van der Waals surface area contributed by atoms with Gasteiger partial charge in [0, 0.05) is 11.7 Å². The Morgan fingerprint density at radius 3 is 2.62 bits per heavy atom. The smallest absolute Gasteiger partial charge is 0.330 e. The molecule has 2 fully saturated rings. The highest BCUT2D eigenvalue weighted by atomic mass is 32.2. The first-order chi connectivity index (χ1) is 10.0. The van der Waals surface area contributed by atoms with Crippen molar-refractivity contribution in [3.8, 4) is 0 Å². The van der Waals surface area contributed by atoms with Crippen molar-refractivity contribution in [2.24, 2.45) is 5.92 Å². The van der Waals surface area contributed by atoms with Crippen molar-refractivity contribution < 1.29 is 19.1 Å². The first kappa shape index (κ1) is 14.4. The Morgan fingerprint density at radius 2 is 2.05 bits per heavy atom. The molecular formula is C15H16FNO3S. The Hall–Kier alpha value is -1.56. The fourth-order valence-corrected chi connectivity index (χ4v) is 4.10. The van der Waals surface area contributed by atoms with Gasteiger partial charge in [0.1, 0.15) is 11.4 Å². The van der Waals surface area contributed by atoms with Crippen LogP contribution in [0.2, 0.25) is 0 Å². The number of amides is 1. The number of halogens is 1. The van der Waals surface area contributed by atoms with Gasteiger partial charge in [-0.05, 0) is 42.2 Å². The lowest BCUT2D eigenvalue weighted by atomic mass is 9.98. The van der Waals surface area contributed by atoms with E-state index in [0.717, 1.165) is 11.3 Å². The third-order valence-electron chi connectivity index (χ3n) is 4.22. The van der Waals surface area contributed by atoms with E-state index in [4.69, 9.17) is 0 Å². The van der Waals surface area contributed by atoms with E-state index in [-0.39, 0.29) is 23.6 Å². The maximum Gasteiger partial charge on any atom is 0.330 e. The van der Waals surface area contributed by atoms with Crippen molar-refractivity contribution in [2.45, 2.75) is 24.3 Å². The van der Waals surface area contributed by atoms with Gasteiger partial charge in [0.05, 0.1) is 0 Å². The molecule has 3 rings (SSSR count). The van der Waals surface area contributed by atoms with Gasteiger partial charge in [-0.2, -0.15) is 11.8 Å². The number of thioether (sulfide) groups is 1. The van der Waals surface area contributed by atoms with Crippen LogP contribution in [0.3, 0.4) is 0 Å². The summed E-state index contributed by atoms with van der Waals surface area (Å²) in [6, 6.07) is 6.14. The minimum absolute atomic E-state index is 0.0745. The topological polar surface area (TPSA) is 66.4 Å². The second-order valence-electron chi connectivity index (χ2n) is 5.68. The average Bonchev–Trinajstić information content (AvgIpc) is 3.12. The van der Waals surface area contributed by atoms with Gasteiger partial charge in [-0.25, -0.2) is 9.18 Å². The van der Waals surface area contributed by atoms with Gasteiger partial charge < -0.3 is 10.4 Å². The molecule has 1 aromatic carbocycles. The predicted molar refractivity (Wildman–Crippen MR) is 77.7 cm³/mol. The normalized spacial score (nSPS) is 30.9. The van der Waals surface area contributed by atoms with Gasteiger partial charge in [-0.1, -0.05) is 12.1 Å². The standard InChI is InChI=1S/C15H16FNO3S/c16-10-3-1-9(2-4-10)11-7-12(11)13(18)17-15(14(19)20)5-6-21-8-15/h1-4,11-12H,5-8H2,(H,17,18)(H,19,20). The van der Waals surface area contributed by atoms with Crippen molar-refractivity contribution in [3.63, 3.8) is 0 Å². The Balaban J connectivity index is 1.65. The van der Waals surface area contributed by atoms with E-state index < -0.39 is 11.5 Å². The number of hydrogen-bond donors (Lipinski definition) is 2. The first-order valence-electron chi connectivity index (χ1n) is 6.90. The quantitative estimate of drug-likeness (QED) is 0.893. The van der Waals surface area contributed by atoms with Crippen molar-refractivity contribution in [3.05, 3.63) is 35.6 Å². The van der Waals surface area contributed by atoms with E-state index >= 15 is 0 Å². The number of carboxylic acid groups (broad SMARTS) is 1. The fraction of sp³-hybridized carbons (Fsp3) is 0.467. The van der Waals surface area contributed by atoms with Crippen molar-refractivity contribution in [2.75, 3.05) is 11.5 Å². The molecule has 1 amide bonds. The molecule has 1 saturated carbocycles. The summed E-state index contributed by atoms with van der Waals surface area (Å²) < 4.78 is 12.9. The number of rotatable bonds is 4. The molecule has 0 spiro atoms. The van der Waals surface area contributed by atoms with Gasteiger partial charge in [0.15, 0.2) is 0 Å². The van der Waals surface area contributed by atoms with Crippen LogP contribution in [0.15, 0.2) is 24.3 Å². The lowest BCUT2D eigenvalue weighted by molar-refractivity contribution is -0.146. The van der Waals surface area contributed by atoms with Gasteiger partial charge in [0.25, 0.3) is 0 Å². The van der Waals surface area contributed by atoms with Gasteiger partial charge in [0.2, 0.25) is 5.91 Å². The summed E-state index contributed by atoms with van der Waals surface area (Å²) in [4.78, 5) is 23.7. The Morgan fingerprint density at radius 1 is 1.33 bits per heavy atom. The number of nitrogens with one attached hydrogen (secondary N) is 1. The maximum atomic E-state index is 12.9. The van der Waals surface area contributed by atoms with Crippen LogP contribution in [0.5, 0.6) is 0 Å². The molecule has 0 bridgehead atoms. The molecule has 1 saturated heterocycles. The van der Waals surface area contributed by atoms with Crippen molar-refractivity contribution in [1.82, 2.24) is 5.32 Å². The minimum atomic E-state index is -1.11. The molecule has 112 valence electrons. The van der Waals surface area contributed by atoms with Gasteiger partial charge >= 0.3 is 5.97 Å². The molecule has 2 aliphatic rings. The number of benzene rings is 1. The second kappa shape index (κ2) is 5.33. The highest BCUT2D eigenvalue weighted by Gasteiger charge is 2.49. The zero-order valence-corrected chi connectivity index (χ0v) is 12.2. The number of carbonyl (C=O) groups excluding carboxylic acids is 1. The summed E-state index contributed by atoms with van der Waals surface area (Å²) >= 11 is 1.55. The largest absolute Gasteiger partial charge is 0.479 e. The highest BCUT2D eigenvalue weighted by Crippen LogP contribution is 2.48. The van der Waals surface area contributed by atoms with Crippen LogP contribution in [0, 0.1) is 11.7 Å². The molecule has 1 aromatic rings. The summed E-state index contributed by atoms with van der Waals surface area (Å²) in [6.45, 7) is 0. The van der Waals surface area contributed by atoms with E-state index in [2.05, 4.69) is 5.32 Å².